The molecule has 0 spiro atoms. The molecule has 0 aliphatic carbocycles. The minimum Gasteiger partial charge on any atom is -0.369 e. The average molecular weight is 357 g/mol. The maximum Gasteiger partial charge on any atom is 0.168 e. The number of aromatic nitrogens is 2. The number of carbonyl (C=O) groups excluding carboxylic acids is 1. The second-order valence-corrected chi connectivity index (χ2v) is 6.35. The van der Waals surface area contributed by atoms with Gasteiger partial charge in [-0.25, -0.2) is 4.98 Å². The summed E-state index contributed by atoms with van der Waals surface area (Å²) in [5.41, 5.74) is 5.72. The molecule has 4 rings (SSSR count). The molecular weight excluding hydrogens is 338 g/mol. The molecule has 5 nitrogen and oxygen atoms in total. The Morgan fingerprint density at radius 2 is 1.89 bits per heavy atom. The quantitative estimate of drug-likeness (QED) is 0.414. The summed E-state index contributed by atoms with van der Waals surface area (Å²) in [6.45, 7) is 2.03. The van der Waals surface area contributed by atoms with Crippen molar-refractivity contribution in [2.24, 2.45) is 0 Å². The number of nitrogens with one attached hydrogen (secondary N) is 1. The molecule has 1 atom stereocenters. The van der Waals surface area contributed by atoms with Gasteiger partial charge >= 0.3 is 0 Å². The van der Waals surface area contributed by atoms with Crippen LogP contribution in [0.2, 0.25) is 0 Å². The van der Waals surface area contributed by atoms with Crippen LogP contribution in [0.15, 0.2) is 73.1 Å². The van der Waals surface area contributed by atoms with E-state index in [0.717, 1.165) is 28.7 Å². The SMILES string of the molecule is Cc1c(NC(O)c2cccn3c(C=O)cnc23)cccc1-c1ccccc1. The lowest BCUT2D eigenvalue weighted by molar-refractivity contribution is 0.111. The number of aliphatic hydroxyl groups excluding tert-OH is 1. The van der Waals surface area contributed by atoms with Crippen molar-refractivity contribution in [2.45, 2.75) is 13.2 Å². The molecule has 0 amide bonds. The fourth-order valence-corrected chi connectivity index (χ4v) is 3.30. The number of imidazole rings is 1. The third kappa shape index (κ3) is 3.09. The molecule has 4 aromatic rings. The fraction of sp³-hybridized carbons (Fsp3) is 0.0909. The molecule has 2 aromatic carbocycles. The Bertz CT molecular complexity index is 1100. The third-order valence-corrected chi connectivity index (χ3v) is 4.72. The minimum absolute atomic E-state index is 0.446. The molecule has 1 unspecified atom stereocenters. The van der Waals surface area contributed by atoms with Crippen LogP contribution < -0.4 is 5.32 Å². The summed E-state index contributed by atoms with van der Waals surface area (Å²) < 4.78 is 1.67. The molecule has 0 bridgehead atoms. The van der Waals surface area contributed by atoms with Crippen LogP contribution in [0.3, 0.4) is 0 Å². The minimum atomic E-state index is -0.958. The largest absolute Gasteiger partial charge is 0.369 e. The lowest BCUT2D eigenvalue weighted by atomic mass is 9.99. The van der Waals surface area contributed by atoms with Crippen molar-refractivity contribution < 1.29 is 9.90 Å². The van der Waals surface area contributed by atoms with E-state index in [4.69, 9.17) is 0 Å². The molecule has 5 heteroatoms. The van der Waals surface area contributed by atoms with Gasteiger partial charge in [0.05, 0.1) is 6.20 Å². The van der Waals surface area contributed by atoms with Gasteiger partial charge in [-0.05, 0) is 41.8 Å². The fourth-order valence-electron chi connectivity index (χ4n) is 3.30. The van der Waals surface area contributed by atoms with E-state index in [-0.39, 0.29) is 0 Å². The number of aliphatic hydroxyl groups is 1. The number of rotatable bonds is 5. The summed E-state index contributed by atoms with van der Waals surface area (Å²) in [5.74, 6) is 0. The van der Waals surface area contributed by atoms with Crippen LogP contribution in [-0.2, 0) is 0 Å². The van der Waals surface area contributed by atoms with Crippen LogP contribution in [0.1, 0.15) is 27.8 Å². The molecule has 2 heterocycles. The Kier molecular flexibility index (Phi) is 4.44. The number of pyridine rings is 1. The van der Waals surface area contributed by atoms with Crippen molar-refractivity contribution in [1.82, 2.24) is 9.38 Å². The maximum atomic E-state index is 11.1. The van der Waals surface area contributed by atoms with E-state index >= 15 is 0 Å². The van der Waals surface area contributed by atoms with Gasteiger partial charge in [0.1, 0.15) is 11.3 Å². The van der Waals surface area contributed by atoms with Crippen LogP contribution in [0.5, 0.6) is 0 Å². The van der Waals surface area contributed by atoms with Crippen molar-refractivity contribution in [2.75, 3.05) is 5.32 Å². The van der Waals surface area contributed by atoms with Crippen molar-refractivity contribution >= 4 is 17.6 Å². The second kappa shape index (κ2) is 7.05. The zero-order valence-electron chi connectivity index (χ0n) is 14.8. The molecular formula is C22H19N3O2. The van der Waals surface area contributed by atoms with E-state index < -0.39 is 6.23 Å². The lowest BCUT2D eigenvalue weighted by Crippen LogP contribution is -2.12. The number of hydrogen-bond acceptors (Lipinski definition) is 4. The Morgan fingerprint density at radius 3 is 2.67 bits per heavy atom. The Hall–Kier alpha value is -3.44. The molecule has 27 heavy (non-hydrogen) atoms. The number of carbonyl (C=O) groups is 1. The summed E-state index contributed by atoms with van der Waals surface area (Å²) in [7, 11) is 0. The molecule has 134 valence electrons. The number of nitrogens with zero attached hydrogens (tertiary/aromatic N) is 2. The van der Waals surface area contributed by atoms with Crippen LogP contribution in [0.4, 0.5) is 5.69 Å². The number of fused-ring (bicyclic) bond motifs is 1. The summed E-state index contributed by atoms with van der Waals surface area (Å²) in [6, 6.07) is 19.7. The van der Waals surface area contributed by atoms with Gasteiger partial charge in [0, 0.05) is 17.4 Å². The first-order valence-corrected chi connectivity index (χ1v) is 8.70. The highest BCUT2D eigenvalue weighted by Crippen LogP contribution is 2.30. The topological polar surface area (TPSA) is 66.6 Å². The van der Waals surface area contributed by atoms with E-state index in [2.05, 4.69) is 28.5 Å². The lowest BCUT2D eigenvalue weighted by Gasteiger charge is -2.19. The van der Waals surface area contributed by atoms with Crippen LogP contribution >= 0.6 is 0 Å². The zero-order valence-corrected chi connectivity index (χ0v) is 14.8. The van der Waals surface area contributed by atoms with Gasteiger partial charge < -0.3 is 10.4 Å². The van der Waals surface area contributed by atoms with Crippen molar-refractivity contribution in [3.63, 3.8) is 0 Å². The summed E-state index contributed by atoms with van der Waals surface area (Å²) in [4.78, 5) is 15.4. The number of hydrogen-bond donors (Lipinski definition) is 2. The van der Waals surface area contributed by atoms with Gasteiger partial charge in [0.15, 0.2) is 12.5 Å². The second-order valence-electron chi connectivity index (χ2n) is 6.35. The predicted octanol–water partition coefficient (Wildman–Crippen LogP) is 4.23. The molecule has 0 fully saturated rings. The van der Waals surface area contributed by atoms with E-state index in [1.807, 2.05) is 37.3 Å². The average Bonchev–Trinajstić information content (AvgIpc) is 3.13. The Morgan fingerprint density at radius 1 is 1.07 bits per heavy atom. The molecule has 0 saturated carbocycles. The maximum absolute atomic E-state index is 11.1. The first-order valence-electron chi connectivity index (χ1n) is 8.70. The van der Waals surface area contributed by atoms with Crippen molar-refractivity contribution in [3.05, 3.63) is 89.9 Å². The molecule has 0 aliphatic heterocycles. The molecule has 0 radical (unpaired) electrons. The highest BCUT2D eigenvalue weighted by atomic mass is 16.3. The summed E-state index contributed by atoms with van der Waals surface area (Å²) in [6.07, 6.45) is 3.04. The van der Waals surface area contributed by atoms with Crippen molar-refractivity contribution in [3.8, 4) is 11.1 Å². The Balaban J connectivity index is 1.69. The normalized spacial score (nSPS) is 12.1. The number of benzene rings is 2. The van der Waals surface area contributed by atoms with Crippen molar-refractivity contribution in [1.29, 1.82) is 0 Å². The molecule has 2 aromatic heterocycles. The summed E-state index contributed by atoms with van der Waals surface area (Å²) in [5, 5.41) is 14.0. The number of aldehydes is 1. The third-order valence-electron chi connectivity index (χ3n) is 4.72. The predicted molar refractivity (Wildman–Crippen MR) is 106 cm³/mol. The zero-order chi connectivity index (χ0) is 18.8. The van der Waals surface area contributed by atoms with Gasteiger partial charge in [-0.3, -0.25) is 9.20 Å². The highest BCUT2D eigenvalue weighted by Gasteiger charge is 2.16. The van der Waals surface area contributed by atoms with Gasteiger partial charge in [0.25, 0.3) is 0 Å². The van der Waals surface area contributed by atoms with Crippen LogP contribution in [-0.4, -0.2) is 20.8 Å². The van der Waals surface area contributed by atoms with E-state index in [1.165, 1.54) is 6.20 Å². The van der Waals surface area contributed by atoms with Gasteiger partial charge in [-0.2, -0.15) is 0 Å². The van der Waals surface area contributed by atoms with Gasteiger partial charge in [-0.1, -0.05) is 42.5 Å². The first kappa shape index (κ1) is 17.0. The molecule has 0 aliphatic rings. The highest BCUT2D eigenvalue weighted by molar-refractivity contribution is 5.75. The van der Waals surface area contributed by atoms with E-state index in [0.29, 0.717) is 16.9 Å². The van der Waals surface area contributed by atoms with E-state index in [9.17, 15) is 9.90 Å². The summed E-state index contributed by atoms with van der Waals surface area (Å²) >= 11 is 0. The molecule has 0 saturated heterocycles. The van der Waals surface area contributed by atoms with Crippen LogP contribution in [0, 0.1) is 6.92 Å². The van der Waals surface area contributed by atoms with E-state index in [1.54, 1.807) is 22.7 Å². The monoisotopic (exact) mass is 357 g/mol. The van der Waals surface area contributed by atoms with Gasteiger partial charge in [-0.15, -0.1) is 0 Å². The number of anilines is 1. The Labute approximate surface area is 156 Å². The van der Waals surface area contributed by atoms with Gasteiger partial charge in [0.2, 0.25) is 0 Å². The molecule has 2 N–H and O–H groups in total. The first-order chi connectivity index (χ1) is 13.2. The smallest absolute Gasteiger partial charge is 0.168 e. The van der Waals surface area contributed by atoms with Crippen LogP contribution in [0.25, 0.3) is 16.8 Å². The standard InChI is InChI=1S/C22H19N3O2/c1-15-18(16-7-3-2-4-8-16)9-5-11-20(15)24-22(27)19-10-6-12-25-17(14-26)13-23-21(19)25/h2-14,22,24,27H,1H3.